The van der Waals surface area contributed by atoms with E-state index in [0.29, 0.717) is 35.9 Å². The molecule has 0 radical (unpaired) electrons. The van der Waals surface area contributed by atoms with Crippen molar-refractivity contribution in [2.45, 2.75) is 121 Å². The zero-order chi connectivity index (χ0) is 45.2. The number of benzene rings is 2. The van der Waals surface area contributed by atoms with Crippen LogP contribution in [0.1, 0.15) is 129 Å². The number of amides is 1. The van der Waals surface area contributed by atoms with Crippen LogP contribution in [-0.2, 0) is 29.1 Å². The van der Waals surface area contributed by atoms with Crippen LogP contribution >= 0.6 is 0 Å². The van der Waals surface area contributed by atoms with Gasteiger partial charge in [0.25, 0.3) is 5.91 Å². The first-order valence-electron chi connectivity index (χ1n) is 20.6. The third-order valence-corrected chi connectivity index (χ3v) is 8.92. The molecule has 0 heterocycles. The second-order valence-corrected chi connectivity index (χ2v) is 13.8. The Hall–Kier alpha value is -5.96. The molecule has 1 aliphatic carbocycles. The van der Waals surface area contributed by atoms with Gasteiger partial charge < -0.3 is 31.8 Å². The van der Waals surface area contributed by atoms with Crippen molar-refractivity contribution < 1.29 is 9.59 Å². The molecular formula is C50H73N7O2. The fourth-order valence-corrected chi connectivity index (χ4v) is 5.40. The Morgan fingerprint density at radius 2 is 1.51 bits per heavy atom. The molecule has 0 saturated heterocycles. The highest BCUT2D eigenvalue weighted by Crippen LogP contribution is 2.32. The fraction of sp³-hybridized carbons (Fsp3) is 0.360. The summed E-state index contributed by atoms with van der Waals surface area (Å²) < 4.78 is 0. The van der Waals surface area contributed by atoms with E-state index in [-0.39, 0.29) is 17.7 Å². The van der Waals surface area contributed by atoms with Crippen molar-refractivity contribution in [3.63, 3.8) is 0 Å². The highest BCUT2D eigenvalue weighted by molar-refractivity contribution is 6.43. The lowest BCUT2D eigenvalue weighted by Crippen LogP contribution is -2.33. The number of aryl methyl sites for hydroxylation is 1. The Bertz CT molecular complexity index is 1940. The number of aliphatic imine (C=N–C) groups is 2. The molecule has 9 heteroatoms. The minimum Gasteiger partial charge on any atom is -0.397 e. The summed E-state index contributed by atoms with van der Waals surface area (Å²) >= 11 is 0. The molecule has 2 aromatic carbocycles. The highest BCUT2D eigenvalue weighted by atomic mass is 16.2. The van der Waals surface area contributed by atoms with E-state index >= 15 is 0 Å². The summed E-state index contributed by atoms with van der Waals surface area (Å²) in [6.07, 6.45) is 6.39. The van der Waals surface area contributed by atoms with Gasteiger partial charge in [-0.2, -0.15) is 0 Å². The van der Waals surface area contributed by atoms with Gasteiger partial charge in [0.2, 0.25) is 0 Å². The van der Waals surface area contributed by atoms with E-state index in [1.165, 1.54) is 13.3 Å². The van der Waals surface area contributed by atoms with Gasteiger partial charge in [0.05, 0.1) is 28.8 Å². The quantitative estimate of drug-likeness (QED) is 0.0546. The maximum Gasteiger partial charge on any atom is 0.270 e. The summed E-state index contributed by atoms with van der Waals surface area (Å²) in [7, 11) is 0. The molecule has 9 nitrogen and oxygen atoms in total. The third kappa shape index (κ3) is 17.6. The second-order valence-electron chi connectivity index (χ2n) is 13.8. The Balaban J connectivity index is 0.00000389. The van der Waals surface area contributed by atoms with Crippen LogP contribution in [0.2, 0.25) is 0 Å². The van der Waals surface area contributed by atoms with Crippen molar-refractivity contribution in [2.24, 2.45) is 15.7 Å². The van der Waals surface area contributed by atoms with Crippen molar-refractivity contribution in [1.82, 2.24) is 21.3 Å². The molecule has 0 fully saturated rings. The van der Waals surface area contributed by atoms with Gasteiger partial charge in [-0.05, 0) is 99.7 Å². The molecule has 0 aliphatic heterocycles. The summed E-state index contributed by atoms with van der Waals surface area (Å²) in [5.41, 5.74) is 19.2. The summed E-state index contributed by atoms with van der Waals surface area (Å²) in [4.78, 5) is 31.4. The van der Waals surface area contributed by atoms with Gasteiger partial charge in [-0.25, -0.2) is 4.99 Å². The summed E-state index contributed by atoms with van der Waals surface area (Å²) in [5.74, 6) is -0.309. The summed E-state index contributed by atoms with van der Waals surface area (Å²) in [5, 5.41) is 13.2. The average molecular weight is 804 g/mol. The molecule has 320 valence electrons. The van der Waals surface area contributed by atoms with Gasteiger partial charge in [-0.1, -0.05) is 124 Å². The van der Waals surface area contributed by atoms with E-state index in [1.54, 1.807) is 6.08 Å². The van der Waals surface area contributed by atoms with Gasteiger partial charge in [0.1, 0.15) is 12.0 Å². The number of hydrogen-bond acceptors (Lipinski definition) is 8. The molecule has 3 rings (SSSR count). The molecule has 0 aromatic heterocycles. The van der Waals surface area contributed by atoms with Gasteiger partial charge in [0.15, 0.2) is 0 Å². The molecule has 2 aromatic rings. The third-order valence-electron chi connectivity index (χ3n) is 8.92. The van der Waals surface area contributed by atoms with E-state index in [9.17, 15) is 4.79 Å². The Morgan fingerprint density at radius 1 is 0.915 bits per heavy atom. The average Bonchev–Trinajstić information content (AvgIpc) is 3.23. The van der Waals surface area contributed by atoms with Crippen LogP contribution in [0.25, 0.3) is 5.70 Å². The van der Waals surface area contributed by atoms with E-state index in [1.807, 2.05) is 60.6 Å². The SMILES string of the molecule is C=N/C(C)=C(C)/N=C(\C=C(/C)C(=C)NCc1cccc(CNC2=C(N)C(=C)C2=C)c1)C(=O)NC(C)c1ccc(C(=C)NC(=C)CC)cc1CCC.CC.CC=O.CCC. The molecule has 59 heavy (non-hydrogen) atoms. The van der Waals surface area contributed by atoms with Crippen LogP contribution in [0.15, 0.2) is 142 Å². The molecule has 0 saturated carbocycles. The van der Waals surface area contributed by atoms with Gasteiger partial charge in [-0.3, -0.25) is 9.79 Å². The topological polar surface area (TPSA) is 133 Å². The number of rotatable bonds is 19. The predicted octanol–water partition coefficient (Wildman–Crippen LogP) is 11.0. The predicted molar refractivity (Wildman–Crippen MR) is 256 cm³/mol. The van der Waals surface area contributed by atoms with Crippen LogP contribution in [-0.4, -0.2) is 24.6 Å². The van der Waals surface area contributed by atoms with Crippen LogP contribution in [0.4, 0.5) is 0 Å². The zero-order valence-electron chi connectivity index (χ0n) is 38.0. The zero-order valence-corrected chi connectivity index (χ0v) is 38.0. The molecule has 1 atom stereocenters. The number of carbonyl (C=O) groups is 2. The fourth-order valence-electron chi connectivity index (χ4n) is 5.40. The first-order valence-corrected chi connectivity index (χ1v) is 20.6. The lowest BCUT2D eigenvalue weighted by Gasteiger charge is -2.27. The molecule has 1 unspecified atom stereocenters. The van der Waals surface area contributed by atoms with Gasteiger partial charge >= 0.3 is 0 Å². The number of nitrogens with two attached hydrogens (primary N) is 1. The van der Waals surface area contributed by atoms with Crippen molar-refractivity contribution in [1.29, 1.82) is 0 Å². The van der Waals surface area contributed by atoms with E-state index in [4.69, 9.17) is 10.5 Å². The van der Waals surface area contributed by atoms with Crippen molar-refractivity contribution in [2.75, 3.05) is 0 Å². The number of hydrogen-bond donors (Lipinski definition) is 5. The van der Waals surface area contributed by atoms with E-state index in [2.05, 4.69) is 122 Å². The van der Waals surface area contributed by atoms with Crippen molar-refractivity contribution in [3.8, 4) is 0 Å². The summed E-state index contributed by atoms with van der Waals surface area (Å²) in [6.45, 7) is 46.6. The molecule has 0 bridgehead atoms. The normalized spacial score (nSPS) is 12.9. The number of carbonyl (C=O) groups excluding carboxylic acids is 2. The van der Waals surface area contributed by atoms with E-state index in [0.717, 1.165) is 87.2 Å². The molecule has 6 N–H and O–H groups in total. The van der Waals surface area contributed by atoms with Crippen molar-refractivity contribution >= 4 is 30.3 Å². The van der Waals surface area contributed by atoms with Crippen LogP contribution < -0.4 is 27.0 Å². The number of allylic oxidation sites excluding steroid dienone is 6. The Labute approximate surface area is 357 Å². The van der Waals surface area contributed by atoms with Crippen LogP contribution in [0.5, 0.6) is 0 Å². The van der Waals surface area contributed by atoms with Gasteiger partial charge in [0, 0.05) is 41.3 Å². The van der Waals surface area contributed by atoms with Crippen molar-refractivity contribution in [3.05, 3.63) is 160 Å². The molecule has 0 spiro atoms. The number of aldehydes is 1. The Kier molecular flexibility index (Phi) is 25.6. The highest BCUT2D eigenvalue weighted by Gasteiger charge is 2.23. The monoisotopic (exact) mass is 804 g/mol. The lowest BCUT2D eigenvalue weighted by atomic mass is 9.90. The van der Waals surface area contributed by atoms with E-state index < -0.39 is 0 Å². The number of nitrogens with zero attached hydrogens (tertiary/aromatic N) is 2. The lowest BCUT2D eigenvalue weighted by molar-refractivity contribution is -0.115. The van der Waals surface area contributed by atoms with Crippen LogP contribution in [0.3, 0.4) is 0 Å². The minimum absolute atomic E-state index is 0.244. The number of nitrogens with one attached hydrogen (secondary N) is 4. The largest absolute Gasteiger partial charge is 0.397 e. The smallest absolute Gasteiger partial charge is 0.270 e. The first kappa shape index (κ1) is 53.0. The minimum atomic E-state index is -0.309. The Morgan fingerprint density at radius 3 is 2.05 bits per heavy atom. The molecule has 1 aliphatic rings. The summed E-state index contributed by atoms with van der Waals surface area (Å²) in [6, 6.07) is 14.2. The molecule has 1 amide bonds. The first-order chi connectivity index (χ1) is 28.0. The van der Waals surface area contributed by atoms with Crippen LogP contribution in [0, 0.1) is 0 Å². The maximum absolute atomic E-state index is 13.9. The maximum atomic E-state index is 13.9. The second kappa shape index (κ2) is 28.4. The van der Waals surface area contributed by atoms with Gasteiger partial charge in [-0.15, -0.1) is 0 Å². The standard InChI is InChI=1S/C43H55N7O.C3H8.C2H4O.C2H6/c1-13-16-38-23-37(33(10)48-27(4)14-2)19-20-39(38)34(11)50-43(51)40(49-32(9)31(8)45-12)21-26(3)30(7)46-24-35-17-15-18-36(22-35)25-47-42-29(6)28(5)41(42)44;1-3-2;1-2-3;1-2/h15,17-23,34,46-48H,4-7,10,12-14,16,24-25,44H2,1-3,8-9,11H3,(H,50,51);3H2,1-2H3;2H,1H3;1-2H3/b26-21+,32-31+,49-40+;;;. The molecular weight excluding hydrogens is 731 g/mol.